The van der Waals surface area contributed by atoms with Gasteiger partial charge < -0.3 is 26.0 Å². The number of carbonyl (C=O) groups is 1. The van der Waals surface area contributed by atoms with Gasteiger partial charge in [0.25, 0.3) is 0 Å². The average Bonchev–Trinajstić information content (AvgIpc) is 2.54. The molecule has 0 spiro atoms. The number of aliphatic hydroxyl groups is 3. The molecule has 0 aromatic carbocycles. The summed E-state index contributed by atoms with van der Waals surface area (Å²) in [7, 11) is 0. The van der Waals surface area contributed by atoms with E-state index in [0.29, 0.717) is 6.54 Å². The van der Waals surface area contributed by atoms with Crippen molar-refractivity contribution in [2.45, 2.75) is 44.1 Å². The predicted molar refractivity (Wildman–Crippen MR) is 57.7 cm³/mol. The minimum Gasteiger partial charge on any atom is -0.395 e. The van der Waals surface area contributed by atoms with Crippen LogP contribution in [-0.2, 0) is 4.79 Å². The summed E-state index contributed by atoms with van der Waals surface area (Å²) in [6.07, 6.45) is -1.07. The van der Waals surface area contributed by atoms with E-state index in [9.17, 15) is 15.0 Å². The number of hydrogen-bond acceptors (Lipinski definition) is 5. The Bertz CT molecular complexity index is 237. The van der Waals surface area contributed by atoms with Crippen LogP contribution in [0.1, 0.15) is 19.8 Å². The molecule has 0 aromatic rings. The van der Waals surface area contributed by atoms with Crippen molar-refractivity contribution >= 4 is 5.91 Å². The Morgan fingerprint density at radius 1 is 1.31 bits per heavy atom. The van der Waals surface area contributed by atoms with E-state index in [2.05, 4.69) is 10.6 Å². The molecule has 94 valence electrons. The van der Waals surface area contributed by atoms with Crippen molar-refractivity contribution < 1.29 is 20.1 Å². The van der Waals surface area contributed by atoms with E-state index in [1.54, 1.807) is 0 Å². The molecule has 0 saturated carbocycles. The Hall–Kier alpha value is -0.690. The van der Waals surface area contributed by atoms with Gasteiger partial charge in [0.2, 0.25) is 5.91 Å². The Labute approximate surface area is 94.7 Å². The summed E-state index contributed by atoms with van der Waals surface area (Å²) in [4.78, 5) is 11.4. The summed E-state index contributed by atoms with van der Waals surface area (Å²) in [6.45, 7) is 2.30. The maximum Gasteiger partial charge on any atom is 0.221 e. The van der Waals surface area contributed by atoms with E-state index in [1.165, 1.54) is 0 Å². The summed E-state index contributed by atoms with van der Waals surface area (Å²) in [5.41, 5.74) is 0. The van der Waals surface area contributed by atoms with Gasteiger partial charge in [0, 0.05) is 19.0 Å². The molecule has 1 aliphatic rings. The van der Waals surface area contributed by atoms with Gasteiger partial charge >= 0.3 is 0 Å². The third kappa shape index (κ3) is 3.15. The Morgan fingerprint density at radius 2 is 1.94 bits per heavy atom. The maximum atomic E-state index is 11.4. The van der Waals surface area contributed by atoms with Gasteiger partial charge in [0.05, 0.1) is 24.9 Å². The van der Waals surface area contributed by atoms with Gasteiger partial charge in [-0.15, -0.1) is 0 Å². The van der Waals surface area contributed by atoms with E-state index in [-0.39, 0.29) is 18.9 Å². The van der Waals surface area contributed by atoms with E-state index in [0.717, 1.165) is 6.42 Å². The fourth-order valence-corrected chi connectivity index (χ4v) is 1.82. The Kier molecular flexibility index (Phi) is 5.14. The van der Waals surface area contributed by atoms with Crippen molar-refractivity contribution in [3.63, 3.8) is 0 Å². The molecular weight excluding hydrogens is 212 g/mol. The summed E-state index contributed by atoms with van der Waals surface area (Å²) in [6, 6.07) is -1.05. The van der Waals surface area contributed by atoms with Crippen LogP contribution in [0.15, 0.2) is 0 Å². The number of amides is 1. The van der Waals surface area contributed by atoms with E-state index in [1.807, 2.05) is 6.92 Å². The number of hydrogen-bond donors (Lipinski definition) is 5. The summed E-state index contributed by atoms with van der Waals surface area (Å²) < 4.78 is 0. The quantitative estimate of drug-likeness (QED) is 0.376. The van der Waals surface area contributed by atoms with Gasteiger partial charge in [-0.3, -0.25) is 4.79 Å². The van der Waals surface area contributed by atoms with Crippen molar-refractivity contribution in [1.82, 2.24) is 10.6 Å². The zero-order valence-corrected chi connectivity index (χ0v) is 9.39. The van der Waals surface area contributed by atoms with Crippen LogP contribution in [0.4, 0.5) is 0 Å². The first-order chi connectivity index (χ1) is 7.60. The lowest BCUT2D eigenvalue weighted by atomic mass is 10.1. The molecule has 0 bridgehead atoms. The molecule has 6 heteroatoms. The van der Waals surface area contributed by atoms with Crippen LogP contribution < -0.4 is 10.6 Å². The third-order valence-corrected chi connectivity index (χ3v) is 2.78. The lowest BCUT2D eigenvalue weighted by Gasteiger charge is -2.15. The van der Waals surface area contributed by atoms with Crippen molar-refractivity contribution in [3.05, 3.63) is 0 Å². The number of rotatable bonds is 5. The number of carbonyl (C=O) groups excluding carboxylic acids is 1. The number of aliphatic hydroxyl groups excluding tert-OH is 3. The molecule has 16 heavy (non-hydrogen) atoms. The third-order valence-electron chi connectivity index (χ3n) is 2.78. The van der Waals surface area contributed by atoms with Crippen LogP contribution >= 0.6 is 0 Å². The molecule has 0 unspecified atom stereocenters. The molecule has 0 aliphatic carbocycles. The first-order valence-electron chi connectivity index (χ1n) is 5.59. The summed E-state index contributed by atoms with van der Waals surface area (Å²) in [5, 5.41) is 33.6. The monoisotopic (exact) mass is 232 g/mol. The summed E-state index contributed by atoms with van der Waals surface area (Å²) in [5.74, 6) is -0.163. The molecule has 1 heterocycles. The average molecular weight is 232 g/mol. The van der Waals surface area contributed by atoms with Crippen LogP contribution in [0, 0.1) is 0 Å². The second-order valence-corrected chi connectivity index (χ2v) is 4.10. The van der Waals surface area contributed by atoms with Crippen LogP contribution in [0.25, 0.3) is 0 Å². The van der Waals surface area contributed by atoms with Crippen LogP contribution in [0.5, 0.6) is 0 Å². The van der Waals surface area contributed by atoms with E-state index in [4.69, 9.17) is 5.11 Å². The first-order valence-corrected chi connectivity index (χ1v) is 5.59. The highest BCUT2D eigenvalue weighted by Gasteiger charge is 2.41. The smallest absolute Gasteiger partial charge is 0.221 e. The van der Waals surface area contributed by atoms with Gasteiger partial charge in [0.1, 0.15) is 0 Å². The van der Waals surface area contributed by atoms with Gasteiger partial charge in [-0.25, -0.2) is 0 Å². The SMILES string of the molecule is CCCNC(=O)C[C@H]1N[C@H](CO)[C@@H](O)[C@@H]1O. The van der Waals surface area contributed by atoms with Gasteiger partial charge in [-0.05, 0) is 6.42 Å². The van der Waals surface area contributed by atoms with Crippen molar-refractivity contribution in [2.24, 2.45) is 0 Å². The zero-order chi connectivity index (χ0) is 12.1. The molecular formula is C10H20N2O4. The van der Waals surface area contributed by atoms with Gasteiger partial charge in [0.15, 0.2) is 0 Å². The molecule has 0 radical (unpaired) electrons. The molecule has 1 amide bonds. The maximum absolute atomic E-state index is 11.4. The van der Waals surface area contributed by atoms with Crippen molar-refractivity contribution in [2.75, 3.05) is 13.2 Å². The lowest BCUT2D eigenvalue weighted by Crippen LogP contribution is -2.39. The van der Waals surface area contributed by atoms with E-state index < -0.39 is 24.3 Å². The standard InChI is InChI=1S/C10H20N2O4/c1-2-3-11-8(14)4-6-9(15)10(16)7(5-13)12-6/h6-7,9-10,12-13,15-16H,2-5H2,1H3,(H,11,14)/t6-,7-,9-,10-/m1/s1. The predicted octanol–water partition coefficient (Wildman–Crippen LogP) is -2.04. The molecule has 5 N–H and O–H groups in total. The number of nitrogens with one attached hydrogen (secondary N) is 2. The highest BCUT2D eigenvalue weighted by atomic mass is 16.3. The normalized spacial score (nSPS) is 34.0. The Balaban J connectivity index is 2.40. The second-order valence-electron chi connectivity index (χ2n) is 4.10. The van der Waals surface area contributed by atoms with Gasteiger partial charge in [-0.2, -0.15) is 0 Å². The van der Waals surface area contributed by atoms with Crippen molar-refractivity contribution in [1.29, 1.82) is 0 Å². The molecule has 1 rings (SSSR count). The minimum absolute atomic E-state index is 0.106. The second kappa shape index (κ2) is 6.15. The first kappa shape index (κ1) is 13.4. The van der Waals surface area contributed by atoms with E-state index >= 15 is 0 Å². The zero-order valence-electron chi connectivity index (χ0n) is 9.39. The van der Waals surface area contributed by atoms with Crippen molar-refractivity contribution in [3.8, 4) is 0 Å². The lowest BCUT2D eigenvalue weighted by molar-refractivity contribution is -0.122. The fourth-order valence-electron chi connectivity index (χ4n) is 1.82. The van der Waals surface area contributed by atoms with Crippen LogP contribution in [0.2, 0.25) is 0 Å². The molecule has 6 nitrogen and oxygen atoms in total. The topological polar surface area (TPSA) is 102 Å². The minimum atomic E-state index is -1.02. The highest BCUT2D eigenvalue weighted by Crippen LogP contribution is 2.16. The van der Waals surface area contributed by atoms with Gasteiger partial charge in [-0.1, -0.05) is 6.92 Å². The fraction of sp³-hybridized carbons (Fsp3) is 0.900. The molecule has 1 fully saturated rings. The largest absolute Gasteiger partial charge is 0.395 e. The highest BCUT2D eigenvalue weighted by molar-refractivity contribution is 5.76. The Morgan fingerprint density at radius 3 is 2.44 bits per heavy atom. The molecule has 1 saturated heterocycles. The summed E-state index contributed by atoms with van der Waals surface area (Å²) >= 11 is 0. The van der Waals surface area contributed by atoms with Crippen LogP contribution in [-0.4, -0.2) is 58.7 Å². The van der Waals surface area contributed by atoms with Crippen LogP contribution in [0.3, 0.4) is 0 Å². The molecule has 1 aliphatic heterocycles. The molecule has 0 aromatic heterocycles. The molecule has 4 atom stereocenters.